The first-order valence-electron chi connectivity index (χ1n) is 51.3. The fourth-order valence-electron chi connectivity index (χ4n) is 26.1. The van der Waals surface area contributed by atoms with Gasteiger partial charge in [-0.2, -0.15) is 0 Å². The maximum atomic E-state index is 5.62. The summed E-state index contributed by atoms with van der Waals surface area (Å²) in [5.41, 5.74) is 28.8. The molecule has 12 aromatic heterocycles. The molecule has 0 aliphatic rings. The highest BCUT2D eigenvalue weighted by atomic mass is 15.1. The van der Waals surface area contributed by atoms with Gasteiger partial charge in [-0.05, 0) is 139 Å². The lowest BCUT2D eigenvalue weighted by Gasteiger charge is -2.15. The Kier molecular flexibility index (Phi) is 16.6. The minimum atomic E-state index is 0.829. The number of hydrogen-bond donors (Lipinski definition) is 0. The van der Waals surface area contributed by atoms with Crippen molar-refractivity contribution in [2.75, 3.05) is 0 Å². The second-order valence-corrected chi connectivity index (χ2v) is 40.1. The summed E-state index contributed by atoms with van der Waals surface area (Å²) in [6.45, 7) is 0. The number of nitrogens with zero attached hydrogens (tertiary/aromatic N) is 12. The van der Waals surface area contributed by atoms with Gasteiger partial charge in [0.05, 0.1) is 116 Å². The van der Waals surface area contributed by atoms with Crippen LogP contribution in [0.4, 0.5) is 0 Å². The lowest BCUT2D eigenvalue weighted by atomic mass is 10.0. The zero-order valence-electron chi connectivity index (χ0n) is 80.4. The smallest absolute Gasteiger partial charge is 0.165 e. The van der Waals surface area contributed by atoms with Crippen LogP contribution in [-0.4, -0.2) is 56.8 Å². The van der Waals surface area contributed by atoms with Crippen LogP contribution in [0.3, 0.4) is 0 Å². The molecule has 0 unspecified atom stereocenters. The zero-order valence-corrected chi connectivity index (χ0v) is 80.4. The van der Waals surface area contributed by atoms with E-state index in [0.717, 1.165) is 150 Å². The van der Waals surface area contributed by atoms with Gasteiger partial charge < -0.3 is 13.2 Å². The summed E-state index contributed by atoms with van der Waals surface area (Å²) in [6.07, 6.45) is 0. The number of aromatic nitrogens is 12. The first-order valence-corrected chi connectivity index (χ1v) is 51.3. The Hall–Kier alpha value is -20.3. The quantitative estimate of drug-likeness (QED) is 0.154. The molecule has 0 saturated heterocycles. The van der Waals surface area contributed by atoms with Crippen molar-refractivity contribution in [3.05, 3.63) is 473 Å². The van der Waals surface area contributed by atoms with E-state index in [9.17, 15) is 0 Å². The Morgan fingerprint density at radius 3 is 0.873 bits per heavy atom. The highest BCUT2D eigenvalue weighted by Crippen LogP contribution is 2.53. The molecule has 36 rings (SSSR count). The van der Waals surface area contributed by atoms with E-state index in [1.165, 1.54) is 179 Å². The molecule has 0 saturated carbocycles. The predicted molar refractivity (Wildman–Crippen MR) is 627 cm³/mol. The molecule has 0 spiro atoms. The molecule has 24 aromatic carbocycles. The third kappa shape index (κ3) is 11.1. The monoisotopic (exact) mass is 1900 g/mol. The first kappa shape index (κ1) is 81.1. The van der Waals surface area contributed by atoms with Gasteiger partial charge >= 0.3 is 0 Å². The van der Waals surface area contributed by atoms with E-state index in [2.05, 4.69) is 500 Å². The largest absolute Gasteiger partial charge is 0.308 e. The average Bonchev–Trinajstić information content (AvgIpc) is 1.54. The zero-order chi connectivity index (χ0) is 97.5. The second kappa shape index (κ2) is 30.6. The summed E-state index contributed by atoms with van der Waals surface area (Å²) in [6, 6.07) is 171. The van der Waals surface area contributed by atoms with E-state index in [1.807, 2.05) is 0 Å². The molecule has 12 heterocycles. The van der Waals surface area contributed by atoms with Gasteiger partial charge in [0, 0.05) is 124 Å². The Labute approximate surface area is 852 Å². The van der Waals surface area contributed by atoms with Gasteiger partial charge in [0.2, 0.25) is 0 Å². The van der Waals surface area contributed by atoms with Crippen LogP contribution in [0.2, 0.25) is 0 Å². The van der Waals surface area contributed by atoms with Crippen LogP contribution in [0, 0.1) is 0 Å². The van der Waals surface area contributed by atoms with Gasteiger partial charge in [0.15, 0.2) is 17.5 Å². The van der Waals surface area contributed by atoms with Crippen molar-refractivity contribution in [2.24, 2.45) is 0 Å². The lowest BCUT2D eigenvalue weighted by molar-refractivity contribution is 1.08. The number of hydrogen-bond acceptors (Lipinski definition) is 6. The van der Waals surface area contributed by atoms with E-state index in [-0.39, 0.29) is 0 Å². The van der Waals surface area contributed by atoms with Crippen LogP contribution < -0.4 is 0 Å². The van der Waals surface area contributed by atoms with E-state index >= 15 is 0 Å². The molecule has 12 nitrogen and oxygen atoms in total. The minimum absolute atomic E-state index is 0.829. The molecular weight excluding hydrogens is 1830 g/mol. The maximum Gasteiger partial charge on any atom is 0.165 e. The third-order valence-electron chi connectivity index (χ3n) is 32.4. The molecule has 150 heavy (non-hydrogen) atoms. The Morgan fingerprint density at radius 2 is 0.407 bits per heavy atom. The second-order valence-electron chi connectivity index (χ2n) is 40.1. The summed E-state index contributed by atoms with van der Waals surface area (Å²) in [4.78, 5) is 33.0. The molecule has 0 radical (unpaired) electrons. The summed E-state index contributed by atoms with van der Waals surface area (Å²) in [5.74, 6) is 2.49. The van der Waals surface area contributed by atoms with Crippen LogP contribution in [0.1, 0.15) is 0 Å². The topological polar surface area (TPSA) is 105 Å². The molecule has 0 amide bonds. The van der Waals surface area contributed by atoms with E-state index in [4.69, 9.17) is 29.9 Å². The highest BCUT2D eigenvalue weighted by molar-refractivity contribution is 6.38. The maximum absolute atomic E-state index is 5.62. The van der Waals surface area contributed by atoms with Gasteiger partial charge in [-0.15, -0.1) is 0 Å². The molecule has 0 fully saturated rings. The number of benzene rings is 24. The van der Waals surface area contributed by atoms with Crippen molar-refractivity contribution in [2.45, 2.75) is 0 Å². The molecular formula is C138H78N12. The summed E-state index contributed by atoms with van der Waals surface area (Å²) < 4.78 is 14.7. The van der Waals surface area contributed by atoms with Crippen LogP contribution in [-0.2, 0) is 0 Å². The summed E-state index contributed by atoms with van der Waals surface area (Å²) in [7, 11) is 0. The Balaban J connectivity index is 0.0000000957. The molecule has 0 bridgehead atoms. The highest BCUT2D eigenvalue weighted by Gasteiger charge is 2.32. The molecule has 0 N–H and O–H groups in total. The Bertz CT molecular complexity index is 12200. The van der Waals surface area contributed by atoms with Crippen LogP contribution >= 0.6 is 0 Å². The number of para-hydroxylation sites is 4. The normalized spacial score (nSPS) is 12.4. The first-order chi connectivity index (χ1) is 74.5. The summed E-state index contributed by atoms with van der Waals surface area (Å²) >= 11 is 0. The Morgan fingerprint density at radius 1 is 0.133 bits per heavy atom. The number of rotatable bonds is 6. The molecule has 12 heteroatoms. The van der Waals surface area contributed by atoms with Crippen LogP contribution in [0.25, 0.3) is 329 Å². The summed E-state index contributed by atoms with van der Waals surface area (Å²) in [5, 5.41) is 36.6. The third-order valence-corrected chi connectivity index (χ3v) is 32.4. The van der Waals surface area contributed by atoms with Crippen molar-refractivity contribution in [1.29, 1.82) is 0 Å². The van der Waals surface area contributed by atoms with E-state index in [0.29, 0.717) is 0 Å². The van der Waals surface area contributed by atoms with Gasteiger partial charge in [-0.25, -0.2) is 29.9 Å². The predicted octanol–water partition coefficient (Wildman–Crippen LogP) is 35.6. The number of fused-ring (bicyclic) bond motifs is 29. The minimum Gasteiger partial charge on any atom is -0.308 e. The molecule has 0 atom stereocenters. The van der Waals surface area contributed by atoms with Crippen molar-refractivity contribution < 1.29 is 0 Å². The molecule has 690 valence electrons. The molecule has 0 aliphatic heterocycles. The standard InChI is InChI=1S/3C46H26N4/c1-2-13-29(14-3-1)42-46(48-43-30-15-6-4-11-27(30)24-26-36(43)47-42)49-37-20-9-17-32-33-18-8-19-34-35-25-23-28-12-5-7-16-31(28)44(35)50(45(33)34)39-22-10-21-38(49)41(39)40(32)37;1-2-13-28(14-3-1)42-46(48-43-30-16-6-4-12-27(30)24-25-36(43)47-42)49-38-23-11-19-33-35-21-10-20-34-32-18-8-9-22-37(32)50(44(34)35)45-31-17-7-5-15-29(31)26-39(49)41(45)40(33)38;1-2-12-28(13-3-1)43-46(48-44-31-16-7-6-11-27(31)23-24-36(44)47-43)50-37-20-9-17-32-33-18-8-19-34-35-25-29-14-4-5-15-30(29)26-40(35)49(45(33)34)38-21-10-22-39(50)42(38)41(32)37/h3*1-26H. The molecule has 0 aliphatic carbocycles. The van der Waals surface area contributed by atoms with Gasteiger partial charge in [0.1, 0.15) is 17.1 Å². The van der Waals surface area contributed by atoms with Gasteiger partial charge in [-0.1, -0.05) is 388 Å². The average molecular weight is 1900 g/mol. The van der Waals surface area contributed by atoms with Crippen LogP contribution in [0.15, 0.2) is 473 Å². The van der Waals surface area contributed by atoms with Crippen molar-refractivity contribution in [1.82, 2.24) is 56.8 Å². The van der Waals surface area contributed by atoms with Crippen molar-refractivity contribution in [3.63, 3.8) is 0 Å². The van der Waals surface area contributed by atoms with E-state index < -0.39 is 0 Å². The molecule has 36 aromatic rings. The van der Waals surface area contributed by atoms with Crippen molar-refractivity contribution in [3.8, 4) is 51.2 Å². The van der Waals surface area contributed by atoms with Crippen LogP contribution in [0.5, 0.6) is 0 Å². The SMILES string of the molecule is c1ccc(-c2nc3ccc4ccccc4c3nc2-n2c3cccc4c5cccc6c7cc8ccccc8cc7n(c7cccc2c7c43)c56)cc1.c1ccc(-c2nc3ccc4ccccc4c3nc2-n2c3cccc4c5cccc6c7ccc8ccccc8c7n(c7cccc2c7c43)c56)cc1.c1ccc(-c2nc3ccc4ccccc4c3nc2-n2c3cccc4c5cccc6c7ccccc7n(c56)c5c6ccccc6cc2c5c43)cc1. The fourth-order valence-corrected chi connectivity index (χ4v) is 26.1. The van der Waals surface area contributed by atoms with E-state index in [1.54, 1.807) is 0 Å². The lowest BCUT2D eigenvalue weighted by Crippen LogP contribution is -2.04. The van der Waals surface area contributed by atoms with Gasteiger partial charge in [-0.3, -0.25) is 13.7 Å². The van der Waals surface area contributed by atoms with Gasteiger partial charge in [0.25, 0.3) is 0 Å². The fraction of sp³-hybridized carbons (Fsp3) is 0. The van der Waals surface area contributed by atoms with Crippen molar-refractivity contribution >= 4 is 277 Å².